The highest BCUT2D eigenvalue weighted by atomic mass is 16.5. The van der Waals surface area contributed by atoms with E-state index in [9.17, 15) is 9.59 Å². The van der Waals surface area contributed by atoms with Gasteiger partial charge in [-0.1, -0.05) is 12.1 Å². The van der Waals surface area contributed by atoms with E-state index in [4.69, 9.17) is 9.47 Å². The Bertz CT molecular complexity index is 978. The van der Waals surface area contributed by atoms with Gasteiger partial charge in [-0.15, -0.1) is 0 Å². The number of aromatic nitrogens is 2. The van der Waals surface area contributed by atoms with E-state index < -0.39 is 12.1 Å². The van der Waals surface area contributed by atoms with Gasteiger partial charge in [0.2, 0.25) is 0 Å². The summed E-state index contributed by atoms with van der Waals surface area (Å²) >= 11 is 0. The molecular weight excluding hydrogens is 370 g/mol. The van der Waals surface area contributed by atoms with Crippen LogP contribution in [0, 0.1) is 6.92 Å². The summed E-state index contributed by atoms with van der Waals surface area (Å²) in [7, 11) is 1.60. The molecule has 0 aliphatic carbocycles. The van der Waals surface area contributed by atoms with Crippen molar-refractivity contribution in [3.8, 4) is 11.4 Å². The summed E-state index contributed by atoms with van der Waals surface area (Å²) in [5, 5.41) is 6.99. The minimum absolute atomic E-state index is 0.336. The lowest BCUT2D eigenvalue weighted by atomic mass is 10.2. The molecule has 150 valence electrons. The molecule has 29 heavy (non-hydrogen) atoms. The number of rotatable bonds is 7. The van der Waals surface area contributed by atoms with Gasteiger partial charge in [-0.05, 0) is 61.9 Å². The van der Waals surface area contributed by atoms with Crippen LogP contribution in [0.25, 0.3) is 5.69 Å². The van der Waals surface area contributed by atoms with Crippen LogP contribution >= 0.6 is 0 Å². The molecule has 0 fully saturated rings. The second-order valence-electron chi connectivity index (χ2n) is 6.54. The van der Waals surface area contributed by atoms with Gasteiger partial charge in [-0.3, -0.25) is 4.79 Å². The standard InChI is InChI=1S/C22H23N3O4/c1-15-12-13-24-25(15)19-8-6-18(7-9-19)22(27)29-16(2)21(26)23-14-17-4-10-20(28-3)11-5-17/h4-13,16H,14H2,1-3H3,(H,23,26)/t16-/m0/s1. The minimum atomic E-state index is -0.909. The summed E-state index contributed by atoms with van der Waals surface area (Å²) in [6.07, 6.45) is 0.804. The Morgan fingerprint density at radius 1 is 1.07 bits per heavy atom. The van der Waals surface area contributed by atoms with E-state index in [1.54, 1.807) is 49.2 Å². The molecule has 2 aromatic carbocycles. The molecular formula is C22H23N3O4. The number of nitrogens with one attached hydrogen (secondary N) is 1. The van der Waals surface area contributed by atoms with Crippen molar-refractivity contribution in [1.29, 1.82) is 0 Å². The van der Waals surface area contributed by atoms with Crippen LogP contribution in [-0.4, -0.2) is 34.9 Å². The van der Waals surface area contributed by atoms with Gasteiger partial charge < -0.3 is 14.8 Å². The second-order valence-corrected chi connectivity index (χ2v) is 6.54. The van der Waals surface area contributed by atoms with Crippen LogP contribution in [0.1, 0.15) is 28.5 Å². The van der Waals surface area contributed by atoms with Crippen molar-refractivity contribution in [2.45, 2.75) is 26.5 Å². The average molecular weight is 393 g/mol. The van der Waals surface area contributed by atoms with Crippen LogP contribution < -0.4 is 10.1 Å². The van der Waals surface area contributed by atoms with Crippen LogP contribution in [-0.2, 0) is 16.1 Å². The SMILES string of the molecule is COc1ccc(CNC(=O)[C@H](C)OC(=O)c2ccc(-n3nccc3C)cc2)cc1. The van der Waals surface area contributed by atoms with Crippen LogP contribution in [0.3, 0.4) is 0 Å². The van der Waals surface area contributed by atoms with E-state index >= 15 is 0 Å². The lowest BCUT2D eigenvalue weighted by Gasteiger charge is -2.14. The molecule has 0 spiro atoms. The first-order valence-electron chi connectivity index (χ1n) is 9.20. The minimum Gasteiger partial charge on any atom is -0.497 e. The van der Waals surface area contributed by atoms with E-state index in [1.165, 1.54) is 0 Å². The molecule has 7 heteroatoms. The van der Waals surface area contributed by atoms with Crippen molar-refractivity contribution >= 4 is 11.9 Å². The molecule has 3 rings (SSSR count). The average Bonchev–Trinajstić information content (AvgIpc) is 3.18. The van der Waals surface area contributed by atoms with Gasteiger partial charge in [-0.25, -0.2) is 9.48 Å². The van der Waals surface area contributed by atoms with Gasteiger partial charge in [0, 0.05) is 18.4 Å². The Labute approximate surface area is 169 Å². The van der Waals surface area contributed by atoms with E-state index in [-0.39, 0.29) is 5.91 Å². The highest BCUT2D eigenvalue weighted by Crippen LogP contribution is 2.13. The van der Waals surface area contributed by atoms with Gasteiger partial charge in [0.05, 0.1) is 18.4 Å². The molecule has 0 aliphatic heterocycles. The van der Waals surface area contributed by atoms with E-state index in [1.807, 2.05) is 37.3 Å². The fraction of sp³-hybridized carbons (Fsp3) is 0.227. The maximum Gasteiger partial charge on any atom is 0.338 e. The molecule has 0 unspecified atom stereocenters. The predicted octanol–water partition coefficient (Wildman–Crippen LogP) is 3.05. The number of carbonyl (C=O) groups excluding carboxylic acids is 2. The van der Waals surface area contributed by atoms with Gasteiger partial charge in [0.15, 0.2) is 6.10 Å². The summed E-state index contributed by atoms with van der Waals surface area (Å²) < 4.78 is 12.2. The van der Waals surface area contributed by atoms with Crippen LogP contribution in [0.4, 0.5) is 0 Å². The lowest BCUT2D eigenvalue weighted by molar-refractivity contribution is -0.129. The maximum atomic E-state index is 12.3. The Hall–Kier alpha value is -3.61. The van der Waals surface area contributed by atoms with Crippen LogP contribution in [0.5, 0.6) is 5.75 Å². The van der Waals surface area contributed by atoms with Crippen molar-refractivity contribution in [3.05, 3.63) is 77.6 Å². The summed E-state index contributed by atoms with van der Waals surface area (Å²) in [4.78, 5) is 24.6. The van der Waals surface area contributed by atoms with Crippen LogP contribution in [0.2, 0.25) is 0 Å². The number of methoxy groups -OCH3 is 1. The molecule has 7 nitrogen and oxygen atoms in total. The van der Waals surface area contributed by atoms with Crippen LogP contribution in [0.15, 0.2) is 60.8 Å². The molecule has 0 saturated carbocycles. The molecule has 1 N–H and O–H groups in total. The third kappa shape index (κ3) is 5.01. The number of esters is 1. The number of benzene rings is 2. The number of ether oxygens (including phenoxy) is 2. The quantitative estimate of drug-likeness (QED) is 0.624. The molecule has 0 saturated heterocycles. The smallest absolute Gasteiger partial charge is 0.338 e. The molecule has 1 heterocycles. The fourth-order valence-electron chi connectivity index (χ4n) is 2.74. The number of aryl methyl sites for hydroxylation is 1. The molecule has 3 aromatic rings. The topological polar surface area (TPSA) is 82.5 Å². The Morgan fingerprint density at radius 2 is 1.76 bits per heavy atom. The molecule has 1 aromatic heterocycles. The Kier molecular flexibility index (Phi) is 6.29. The number of amides is 1. The number of hydrogen-bond acceptors (Lipinski definition) is 5. The van der Waals surface area contributed by atoms with E-state index in [0.717, 1.165) is 22.7 Å². The molecule has 0 radical (unpaired) electrons. The third-order valence-corrected chi connectivity index (χ3v) is 4.46. The zero-order valence-corrected chi connectivity index (χ0v) is 16.6. The fourth-order valence-corrected chi connectivity index (χ4v) is 2.74. The lowest BCUT2D eigenvalue weighted by Crippen LogP contribution is -2.35. The van der Waals surface area contributed by atoms with Gasteiger partial charge in [-0.2, -0.15) is 5.10 Å². The molecule has 1 atom stereocenters. The molecule has 0 aliphatic rings. The van der Waals surface area contributed by atoms with Crippen molar-refractivity contribution in [3.63, 3.8) is 0 Å². The zero-order valence-electron chi connectivity index (χ0n) is 16.6. The van der Waals surface area contributed by atoms with Crippen molar-refractivity contribution in [2.75, 3.05) is 7.11 Å². The highest BCUT2D eigenvalue weighted by molar-refractivity contribution is 5.92. The summed E-state index contributed by atoms with van der Waals surface area (Å²) in [5.41, 5.74) is 3.12. The van der Waals surface area contributed by atoms with Gasteiger partial charge >= 0.3 is 5.97 Å². The van der Waals surface area contributed by atoms with E-state index in [2.05, 4.69) is 10.4 Å². The monoisotopic (exact) mass is 393 g/mol. The third-order valence-electron chi connectivity index (χ3n) is 4.46. The summed E-state index contributed by atoms with van der Waals surface area (Å²) in [5.74, 6) is -0.171. The largest absolute Gasteiger partial charge is 0.497 e. The first-order valence-corrected chi connectivity index (χ1v) is 9.20. The van der Waals surface area contributed by atoms with Crippen molar-refractivity contribution in [2.24, 2.45) is 0 Å². The normalized spacial score (nSPS) is 11.6. The maximum absolute atomic E-state index is 12.3. The number of hydrogen-bond donors (Lipinski definition) is 1. The molecule has 0 bridgehead atoms. The first kappa shape index (κ1) is 20.1. The van der Waals surface area contributed by atoms with Crippen molar-refractivity contribution in [1.82, 2.24) is 15.1 Å². The highest BCUT2D eigenvalue weighted by Gasteiger charge is 2.19. The number of nitrogens with zero attached hydrogens (tertiary/aromatic N) is 2. The molecule has 1 amide bonds. The Morgan fingerprint density at radius 3 is 2.34 bits per heavy atom. The Balaban J connectivity index is 1.53. The number of carbonyl (C=O) groups is 2. The summed E-state index contributed by atoms with van der Waals surface area (Å²) in [6, 6.07) is 16.1. The van der Waals surface area contributed by atoms with Gasteiger partial charge in [0.1, 0.15) is 5.75 Å². The summed E-state index contributed by atoms with van der Waals surface area (Å²) in [6.45, 7) is 3.83. The zero-order chi connectivity index (χ0) is 20.8. The second kappa shape index (κ2) is 9.05. The van der Waals surface area contributed by atoms with Crippen molar-refractivity contribution < 1.29 is 19.1 Å². The first-order chi connectivity index (χ1) is 14.0. The predicted molar refractivity (Wildman–Crippen MR) is 108 cm³/mol. The van der Waals surface area contributed by atoms with E-state index in [0.29, 0.717) is 12.1 Å². The van der Waals surface area contributed by atoms with Gasteiger partial charge in [0.25, 0.3) is 5.91 Å².